The topological polar surface area (TPSA) is 32.7 Å². The van der Waals surface area contributed by atoms with Gasteiger partial charge in [-0.05, 0) is 68.0 Å². The molecule has 0 radical (unpaired) electrons. The molecular weight excluding hydrogens is 346 g/mol. The molecule has 152 valence electrons. The van der Waals surface area contributed by atoms with E-state index < -0.39 is 5.60 Å². The number of likely N-dealkylation sites (tertiary alicyclic amines) is 1. The average molecular weight is 382 g/mol. The Morgan fingerprint density at radius 3 is 2.21 bits per heavy atom. The van der Waals surface area contributed by atoms with Crippen LogP contribution >= 0.6 is 0 Å². The van der Waals surface area contributed by atoms with Crippen LogP contribution in [-0.4, -0.2) is 36.8 Å². The molecule has 3 nitrogen and oxygen atoms in total. The van der Waals surface area contributed by atoms with E-state index in [1.807, 2.05) is 24.3 Å². The predicted molar refractivity (Wildman–Crippen MR) is 116 cm³/mol. The number of ether oxygens (including phenoxy) is 1. The third-order valence-corrected chi connectivity index (χ3v) is 6.11. The molecule has 3 heteroatoms. The van der Waals surface area contributed by atoms with E-state index in [2.05, 4.69) is 49.1 Å². The van der Waals surface area contributed by atoms with Crippen molar-refractivity contribution in [3.05, 3.63) is 65.7 Å². The van der Waals surface area contributed by atoms with Crippen LogP contribution in [0.25, 0.3) is 0 Å². The summed E-state index contributed by atoms with van der Waals surface area (Å²) >= 11 is 0. The second-order valence-electron chi connectivity index (χ2n) is 8.56. The first-order valence-corrected chi connectivity index (χ1v) is 10.7. The van der Waals surface area contributed by atoms with Crippen molar-refractivity contribution in [2.75, 3.05) is 26.7 Å². The van der Waals surface area contributed by atoms with Crippen molar-refractivity contribution in [1.82, 2.24) is 4.90 Å². The molecule has 0 spiro atoms. The fraction of sp³-hybridized carbons (Fsp3) is 0.520. The number of aliphatic hydroxyl groups is 1. The number of hydrogen-bond acceptors (Lipinski definition) is 3. The van der Waals surface area contributed by atoms with E-state index in [1.54, 1.807) is 7.11 Å². The van der Waals surface area contributed by atoms with Crippen molar-refractivity contribution in [3.63, 3.8) is 0 Å². The van der Waals surface area contributed by atoms with Gasteiger partial charge in [-0.2, -0.15) is 0 Å². The maximum Gasteiger partial charge on any atom is 0.118 e. The maximum atomic E-state index is 12.2. The number of hydrogen-bond donors (Lipinski definition) is 1. The second-order valence-corrected chi connectivity index (χ2v) is 8.56. The third-order valence-electron chi connectivity index (χ3n) is 6.11. The van der Waals surface area contributed by atoms with Gasteiger partial charge >= 0.3 is 0 Å². The molecule has 28 heavy (non-hydrogen) atoms. The molecule has 1 heterocycles. The molecule has 2 aromatic rings. The first-order chi connectivity index (χ1) is 13.5. The minimum Gasteiger partial charge on any atom is -0.497 e. The van der Waals surface area contributed by atoms with E-state index in [9.17, 15) is 5.11 Å². The van der Waals surface area contributed by atoms with Crippen LogP contribution in [0.1, 0.15) is 56.6 Å². The monoisotopic (exact) mass is 381 g/mol. The summed E-state index contributed by atoms with van der Waals surface area (Å²) in [6.07, 6.45) is 4.26. The molecule has 2 atom stereocenters. The van der Waals surface area contributed by atoms with Gasteiger partial charge in [-0.3, -0.25) is 0 Å². The molecule has 2 aromatic carbocycles. The second kappa shape index (κ2) is 9.58. The fourth-order valence-corrected chi connectivity index (χ4v) is 4.35. The quantitative estimate of drug-likeness (QED) is 0.648. The Bertz CT molecular complexity index is 707. The Hall–Kier alpha value is -1.84. The highest BCUT2D eigenvalue weighted by atomic mass is 16.5. The lowest BCUT2D eigenvalue weighted by atomic mass is 9.73. The lowest BCUT2D eigenvalue weighted by molar-refractivity contribution is -0.0154. The van der Waals surface area contributed by atoms with Crippen LogP contribution in [0.2, 0.25) is 0 Å². The molecule has 1 fully saturated rings. The largest absolute Gasteiger partial charge is 0.497 e. The van der Waals surface area contributed by atoms with Crippen LogP contribution in [0.5, 0.6) is 5.75 Å². The van der Waals surface area contributed by atoms with Gasteiger partial charge in [0.25, 0.3) is 0 Å². The minimum atomic E-state index is -0.902. The molecule has 0 bridgehead atoms. The lowest BCUT2D eigenvalue weighted by Gasteiger charge is -2.40. The van der Waals surface area contributed by atoms with E-state index in [4.69, 9.17) is 4.74 Å². The molecular formula is C25H35NO2. The summed E-state index contributed by atoms with van der Waals surface area (Å²) in [6.45, 7) is 7.61. The Labute approximate surface area is 170 Å². The van der Waals surface area contributed by atoms with Crippen LogP contribution < -0.4 is 4.74 Å². The number of methoxy groups -OCH3 is 1. The average Bonchev–Trinajstić information content (AvgIpc) is 3.24. The van der Waals surface area contributed by atoms with Crippen LogP contribution in [-0.2, 0) is 5.60 Å². The fourth-order valence-electron chi connectivity index (χ4n) is 4.35. The lowest BCUT2D eigenvalue weighted by Crippen LogP contribution is -2.40. The van der Waals surface area contributed by atoms with Gasteiger partial charge in [-0.15, -0.1) is 0 Å². The molecule has 0 aromatic heterocycles. The van der Waals surface area contributed by atoms with Gasteiger partial charge in [0, 0.05) is 12.5 Å². The van der Waals surface area contributed by atoms with Crippen molar-refractivity contribution in [2.45, 2.75) is 51.0 Å². The summed E-state index contributed by atoms with van der Waals surface area (Å²) in [6, 6.07) is 18.6. The Balaban J connectivity index is 2.00. The molecule has 0 saturated carbocycles. The highest BCUT2D eigenvalue weighted by Crippen LogP contribution is 2.42. The Kier molecular flexibility index (Phi) is 7.14. The summed E-state index contributed by atoms with van der Waals surface area (Å²) in [7, 11) is 1.68. The zero-order chi connectivity index (χ0) is 20.0. The summed E-state index contributed by atoms with van der Waals surface area (Å²) in [5.74, 6) is 1.41. The number of nitrogens with zero attached hydrogens (tertiary/aromatic N) is 1. The molecule has 0 unspecified atom stereocenters. The van der Waals surface area contributed by atoms with E-state index in [0.717, 1.165) is 43.8 Å². The zero-order valence-corrected chi connectivity index (χ0v) is 17.6. The van der Waals surface area contributed by atoms with Gasteiger partial charge in [0.15, 0.2) is 0 Å². The van der Waals surface area contributed by atoms with Gasteiger partial charge in [0.2, 0.25) is 0 Å². The molecule has 1 aliphatic rings. The summed E-state index contributed by atoms with van der Waals surface area (Å²) < 4.78 is 5.34. The van der Waals surface area contributed by atoms with Crippen molar-refractivity contribution in [3.8, 4) is 5.75 Å². The third kappa shape index (κ3) is 4.95. The molecule has 0 amide bonds. The highest BCUT2D eigenvalue weighted by molar-refractivity contribution is 5.35. The smallest absolute Gasteiger partial charge is 0.118 e. The zero-order valence-electron chi connectivity index (χ0n) is 17.6. The minimum absolute atomic E-state index is 0.0407. The summed E-state index contributed by atoms with van der Waals surface area (Å²) in [5.41, 5.74) is 1.30. The van der Waals surface area contributed by atoms with Crippen LogP contribution in [0, 0.1) is 5.92 Å². The van der Waals surface area contributed by atoms with Crippen molar-refractivity contribution in [1.29, 1.82) is 0 Å². The van der Waals surface area contributed by atoms with Gasteiger partial charge in [-0.25, -0.2) is 0 Å². The van der Waals surface area contributed by atoms with Crippen LogP contribution in [0.4, 0.5) is 0 Å². The van der Waals surface area contributed by atoms with E-state index in [0.29, 0.717) is 5.92 Å². The van der Waals surface area contributed by atoms with Gasteiger partial charge in [-0.1, -0.05) is 56.3 Å². The van der Waals surface area contributed by atoms with E-state index >= 15 is 0 Å². The molecule has 1 aliphatic heterocycles. The Morgan fingerprint density at radius 2 is 1.64 bits per heavy atom. The van der Waals surface area contributed by atoms with Gasteiger partial charge in [0.05, 0.1) is 12.7 Å². The SMILES string of the molecule is COc1ccc([C@](O)(CCC(C)C)[C@H](CN2CCCC2)c2ccccc2)cc1. The van der Waals surface area contributed by atoms with E-state index in [-0.39, 0.29) is 5.92 Å². The van der Waals surface area contributed by atoms with Crippen molar-refractivity contribution in [2.24, 2.45) is 5.92 Å². The number of benzene rings is 2. The number of rotatable bonds is 9. The molecule has 1 saturated heterocycles. The van der Waals surface area contributed by atoms with Crippen LogP contribution in [0.15, 0.2) is 54.6 Å². The maximum absolute atomic E-state index is 12.2. The standard InChI is InChI=1S/C25H35NO2/c1-20(2)15-16-25(27,22-11-13-23(28-3)14-12-22)24(19-26-17-7-8-18-26)21-9-5-4-6-10-21/h4-6,9-14,20,24,27H,7-8,15-19H2,1-3H3/t24-,25-/m1/s1. The highest BCUT2D eigenvalue weighted by Gasteiger charge is 2.40. The van der Waals surface area contributed by atoms with Gasteiger partial charge < -0.3 is 14.7 Å². The molecule has 3 rings (SSSR count). The summed E-state index contributed by atoms with van der Waals surface area (Å²) in [4.78, 5) is 2.52. The first kappa shape index (κ1) is 20.9. The van der Waals surface area contributed by atoms with Crippen molar-refractivity contribution >= 4 is 0 Å². The first-order valence-electron chi connectivity index (χ1n) is 10.7. The Morgan fingerprint density at radius 1 is 1.00 bits per heavy atom. The van der Waals surface area contributed by atoms with Gasteiger partial charge in [0.1, 0.15) is 5.75 Å². The normalized spacial score (nSPS) is 18.2. The van der Waals surface area contributed by atoms with Crippen LogP contribution in [0.3, 0.4) is 0 Å². The molecule has 1 N–H and O–H groups in total. The summed E-state index contributed by atoms with van der Waals surface area (Å²) in [5, 5.41) is 12.2. The predicted octanol–water partition coefficient (Wildman–Crippen LogP) is 5.20. The van der Waals surface area contributed by atoms with E-state index in [1.165, 1.54) is 18.4 Å². The molecule has 0 aliphatic carbocycles. The van der Waals surface area contributed by atoms with Crippen molar-refractivity contribution < 1.29 is 9.84 Å².